The number of benzene rings is 1. The molecule has 3 aromatic rings. The van der Waals surface area contributed by atoms with E-state index >= 15 is 0 Å². The first-order valence-electron chi connectivity index (χ1n) is 7.50. The van der Waals surface area contributed by atoms with Crippen LogP contribution in [0.1, 0.15) is 31.2 Å². The van der Waals surface area contributed by atoms with Gasteiger partial charge in [-0.1, -0.05) is 30.0 Å². The van der Waals surface area contributed by atoms with Gasteiger partial charge in [0.1, 0.15) is 0 Å². The molecule has 116 valence electrons. The van der Waals surface area contributed by atoms with Crippen LogP contribution in [0, 0.1) is 11.8 Å². The molecule has 0 fully saturated rings. The van der Waals surface area contributed by atoms with Gasteiger partial charge in [0, 0.05) is 23.5 Å². The minimum absolute atomic E-state index is 0.0251. The number of nitrogens with one attached hydrogen (secondary N) is 1. The van der Waals surface area contributed by atoms with E-state index in [1.807, 2.05) is 53.5 Å². The van der Waals surface area contributed by atoms with Crippen molar-refractivity contribution in [2.75, 3.05) is 5.43 Å². The Kier molecular flexibility index (Phi) is 4.22. The van der Waals surface area contributed by atoms with Crippen LogP contribution >= 0.6 is 11.3 Å². The molecule has 0 aliphatic heterocycles. The maximum atomic E-state index is 4.46. The lowest BCUT2D eigenvalue weighted by Crippen LogP contribution is -2.33. The fraction of sp³-hybridized carbons (Fsp3) is 0.211. The fourth-order valence-corrected chi connectivity index (χ4v) is 2.97. The minimum Gasteiger partial charge on any atom is -0.319 e. The zero-order valence-electron chi connectivity index (χ0n) is 13.5. The molecule has 0 atom stereocenters. The van der Waals surface area contributed by atoms with Gasteiger partial charge >= 0.3 is 0 Å². The van der Waals surface area contributed by atoms with Gasteiger partial charge in [-0.25, -0.2) is 9.66 Å². The summed E-state index contributed by atoms with van der Waals surface area (Å²) < 4.78 is 1.97. The highest BCUT2D eigenvalue weighted by atomic mass is 32.1. The molecule has 23 heavy (non-hydrogen) atoms. The molecule has 0 radical (unpaired) electrons. The average molecular weight is 321 g/mol. The molecule has 0 saturated heterocycles. The summed E-state index contributed by atoms with van der Waals surface area (Å²) in [7, 11) is 0. The third-order valence-electron chi connectivity index (χ3n) is 3.03. The van der Waals surface area contributed by atoms with Crippen LogP contribution in [-0.4, -0.2) is 15.2 Å². The fourth-order valence-electron chi connectivity index (χ4n) is 2.12. The summed E-state index contributed by atoms with van der Waals surface area (Å²) in [5.41, 5.74) is 4.42. The van der Waals surface area contributed by atoms with Crippen molar-refractivity contribution < 1.29 is 0 Å². The summed E-state index contributed by atoms with van der Waals surface area (Å²) in [6, 6.07) is 14.1. The Balaban J connectivity index is 1.83. The van der Waals surface area contributed by atoms with E-state index in [0.29, 0.717) is 0 Å². The number of imidazole rings is 1. The third kappa shape index (κ3) is 4.02. The van der Waals surface area contributed by atoms with Gasteiger partial charge in [-0.2, -0.15) is 0 Å². The highest BCUT2D eigenvalue weighted by molar-refractivity contribution is 7.15. The molecular weight excluding hydrogens is 302 g/mol. The number of thiophene rings is 1. The lowest BCUT2D eigenvalue weighted by molar-refractivity contribution is 0.557. The smallest absolute Gasteiger partial charge is 0.168 e. The van der Waals surface area contributed by atoms with E-state index in [-0.39, 0.29) is 5.54 Å². The summed E-state index contributed by atoms with van der Waals surface area (Å²) in [5, 5.41) is 0. The summed E-state index contributed by atoms with van der Waals surface area (Å²) >= 11 is 1.65. The average Bonchev–Trinajstić information content (AvgIpc) is 3.13. The normalized spacial score (nSPS) is 10.9. The van der Waals surface area contributed by atoms with Gasteiger partial charge in [0.05, 0.1) is 9.75 Å². The largest absolute Gasteiger partial charge is 0.319 e. The van der Waals surface area contributed by atoms with Gasteiger partial charge in [0.15, 0.2) is 5.82 Å². The number of aromatic nitrogens is 2. The molecule has 3 rings (SSSR count). The van der Waals surface area contributed by atoms with Gasteiger partial charge in [-0.15, -0.1) is 11.3 Å². The van der Waals surface area contributed by atoms with Gasteiger partial charge < -0.3 is 5.43 Å². The number of hydrogen-bond donors (Lipinski definition) is 1. The molecule has 0 amide bonds. The Morgan fingerprint density at radius 1 is 1.04 bits per heavy atom. The van der Waals surface area contributed by atoms with Crippen molar-refractivity contribution >= 4 is 11.3 Å². The predicted molar refractivity (Wildman–Crippen MR) is 97.1 cm³/mol. The van der Waals surface area contributed by atoms with Crippen LogP contribution in [0.25, 0.3) is 10.7 Å². The van der Waals surface area contributed by atoms with Crippen molar-refractivity contribution in [1.29, 1.82) is 0 Å². The first-order valence-corrected chi connectivity index (χ1v) is 8.32. The van der Waals surface area contributed by atoms with Crippen molar-refractivity contribution in [3.8, 4) is 22.5 Å². The second-order valence-corrected chi connectivity index (χ2v) is 7.35. The SMILES string of the molecule is CC(C)(C)Nn1ccnc1-c1ccc(C#Cc2ccccc2)s1. The van der Waals surface area contributed by atoms with E-state index in [1.54, 1.807) is 11.3 Å². The molecule has 1 aromatic carbocycles. The molecule has 0 unspecified atom stereocenters. The molecule has 1 N–H and O–H groups in total. The molecule has 3 nitrogen and oxygen atoms in total. The highest BCUT2D eigenvalue weighted by Crippen LogP contribution is 2.26. The van der Waals surface area contributed by atoms with Crippen LogP contribution in [-0.2, 0) is 0 Å². The molecule has 2 aromatic heterocycles. The van der Waals surface area contributed by atoms with Crippen LogP contribution < -0.4 is 5.43 Å². The predicted octanol–water partition coefficient (Wildman–Crippen LogP) is 4.35. The lowest BCUT2D eigenvalue weighted by Gasteiger charge is -2.23. The molecule has 0 saturated carbocycles. The van der Waals surface area contributed by atoms with E-state index in [9.17, 15) is 0 Å². The third-order valence-corrected chi connectivity index (χ3v) is 4.02. The van der Waals surface area contributed by atoms with Crippen LogP contribution in [0.3, 0.4) is 0 Å². The number of hydrogen-bond acceptors (Lipinski definition) is 3. The zero-order valence-corrected chi connectivity index (χ0v) is 14.3. The maximum Gasteiger partial charge on any atom is 0.168 e. The van der Waals surface area contributed by atoms with Crippen molar-refractivity contribution in [3.05, 3.63) is 65.3 Å². The maximum absolute atomic E-state index is 4.46. The molecule has 0 bridgehead atoms. The second-order valence-electron chi connectivity index (χ2n) is 6.26. The Labute approximate surface area is 141 Å². The van der Waals surface area contributed by atoms with Crippen molar-refractivity contribution in [2.45, 2.75) is 26.3 Å². The van der Waals surface area contributed by atoms with Gasteiger partial charge in [0.25, 0.3) is 0 Å². The second kappa shape index (κ2) is 6.31. The topological polar surface area (TPSA) is 29.9 Å². The summed E-state index contributed by atoms with van der Waals surface area (Å²) in [6.07, 6.45) is 3.75. The quantitative estimate of drug-likeness (QED) is 0.711. The van der Waals surface area contributed by atoms with Gasteiger partial charge in [-0.05, 0) is 45.0 Å². The Morgan fingerprint density at radius 2 is 1.83 bits per heavy atom. The molecule has 0 aliphatic rings. The Bertz CT molecular complexity index is 842. The number of rotatable bonds is 2. The van der Waals surface area contributed by atoms with Crippen molar-refractivity contribution in [2.24, 2.45) is 0 Å². The Morgan fingerprint density at radius 3 is 2.57 bits per heavy atom. The molecular formula is C19H19N3S. The minimum atomic E-state index is -0.0251. The molecule has 2 heterocycles. The zero-order chi connectivity index (χ0) is 16.3. The molecule has 0 spiro atoms. The van der Waals surface area contributed by atoms with E-state index < -0.39 is 0 Å². The number of nitrogens with zero attached hydrogens (tertiary/aromatic N) is 2. The van der Waals surface area contributed by atoms with Crippen LogP contribution in [0.5, 0.6) is 0 Å². The van der Waals surface area contributed by atoms with Crippen molar-refractivity contribution in [3.63, 3.8) is 0 Å². The van der Waals surface area contributed by atoms with E-state index in [0.717, 1.165) is 21.1 Å². The van der Waals surface area contributed by atoms with Gasteiger partial charge in [0.2, 0.25) is 0 Å². The lowest BCUT2D eigenvalue weighted by atomic mass is 10.1. The highest BCUT2D eigenvalue weighted by Gasteiger charge is 2.14. The molecule has 0 aliphatic carbocycles. The first-order chi connectivity index (χ1) is 11.0. The van der Waals surface area contributed by atoms with Crippen LogP contribution in [0.15, 0.2) is 54.9 Å². The van der Waals surface area contributed by atoms with Crippen LogP contribution in [0.4, 0.5) is 0 Å². The van der Waals surface area contributed by atoms with Crippen LogP contribution in [0.2, 0.25) is 0 Å². The van der Waals surface area contributed by atoms with Gasteiger partial charge in [-0.3, -0.25) is 0 Å². The van der Waals surface area contributed by atoms with E-state index in [2.05, 4.69) is 49.1 Å². The monoisotopic (exact) mass is 321 g/mol. The summed E-state index contributed by atoms with van der Waals surface area (Å²) in [4.78, 5) is 6.60. The van der Waals surface area contributed by atoms with Crippen molar-refractivity contribution in [1.82, 2.24) is 9.66 Å². The standard InChI is InChI=1S/C19H19N3S/c1-19(2,3)21-22-14-13-20-18(22)17-12-11-16(23-17)10-9-15-7-5-4-6-8-15/h4-8,11-14,21H,1-3H3. The Hall–Kier alpha value is -2.51. The summed E-state index contributed by atoms with van der Waals surface area (Å²) in [6.45, 7) is 6.38. The first kappa shape index (κ1) is 15.4. The summed E-state index contributed by atoms with van der Waals surface area (Å²) in [5.74, 6) is 7.33. The van der Waals surface area contributed by atoms with E-state index in [1.165, 1.54) is 0 Å². The molecule has 4 heteroatoms. The van der Waals surface area contributed by atoms with E-state index in [4.69, 9.17) is 0 Å².